The lowest BCUT2D eigenvalue weighted by molar-refractivity contribution is -0.174. The predicted molar refractivity (Wildman–Crippen MR) is 57.9 cm³/mol. The van der Waals surface area contributed by atoms with E-state index < -0.39 is 31.0 Å². The molecular weight excluding hydrogens is 244 g/mol. The van der Waals surface area contributed by atoms with Crippen LogP contribution in [0.3, 0.4) is 0 Å². The molecule has 1 aromatic rings. The lowest BCUT2D eigenvalue weighted by atomic mass is 10.1. The van der Waals surface area contributed by atoms with Gasteiger partial charge in [0.2, 0.25) is 6.10 Å². The molecule has 0 radical (unpaired) electrons. The Morgan fingerprint density at radius 3 is 2.61 bits per heavy atom. The number of carbonyl (C=O) groups excluding carboxylic acids is 1. The van der Waals surface area contributed by atoms with Gasteiger partial charge in [-0.1, -0.05) is 12.1 Å². The molecule has 0 aliphatic carbocycles. The fourth-order valence-electron chi connectivity index (χ4n) is 2.01. The number of nitrogens with zero attached hydrogens (tertiary/aromatic N) is 1. The topological polar surface area (TPSA) is 38.8 Å². The van der Waals surface area contributed by atoms with Gasteiger partial charge >= 0.3 is 0 Å². The zero-order chi connectivity index (χ0) is 12.8. The molecule has 6 heteroatoms. The molecule has 18 heavy (non-hydrogen) atoms. The summed E-state index contributed by atoms with van der Waals surface area (Å²) < 4.78 is 36.2. The van der Waals surface area contributed by atoms with Gasteiger partial charge in [0.05, 0.1) is 13.1 Å². The first-order chi connectivity index (χ1) is 8.55. The van der Waals surface area contributed by atoms with Crippen LogP contribution in [0.1, 0.15) is 0 Å². The van der Waals surface area contributed by atoms with E-state index in [1.54, 1.807) is 24.3 Å². The van der Waals surface area contributed by atoms with E-state index in [0.29, 0.717) is 11.5 Å². The largest absolute Gasteiger partial charge is 0.485 e. The minimum absolute atomic E-state index is 0.0535. The van der Waals surface area contributed by atoms with Crippen molar-refractivity contribution in [2.45, 2.75) is 12.0 Å². The van der Waals surface area contributed by atoms with E-state index in [4.69, 9.17) is 9.47 Å². The third kappa shape index (κ3) is 1.87. The Labute approximate surface area is 102 Å². The second kappa shape index (κ2) is 3.83. The van der Waals surface area contributed by atoms with Gasteiger partial charge in [0.1, 0.15) is 6.61 Å². The molecule has 1 aromatic carbocycles. The van der Waals surface area contributed by atoms with Crippen molar-refractivity contribution in [3.05, 3.63) is 24.3 Å². The van der Waals surface area contributed by atoms with Crippen molar-refractivity contribution < 1.29 is 23.0 Å². The zero-order valence-corrected chi connectivity index (χ0v) is 9.44. The molecule has 0 spiro atoms. The van der Waals surface area contributed by atoms with Crippen LogP contribution in [-0.4, -0.2) is 42.5 Å². The summed E-state index contributed by atoms with van der Waals surface area (Å²) in [6.45, 7) is -1.02. The molecule has 1 amide bonds. The van der Waals surface area contributed by atoms with Crippen molar-refractivity contribution in [3.63, 3.8) is 0 Å². The van der Waals surface area contributed by atoms with E-state index in [2.05, 4.69) is 0 Å². The van der Waals surface area contributed by atoms with Gasteiger partial charge in [0.15, 0.2) is 11.5 Å². The van der Waals surface area contributed by atoms with E-state index in [-0.39, 0.29) is 6.61 Å². The highest BCUT2D eigenvalue weighted by molar-refractivity contribution is 5.82. The molecule has 2 aliphatic rings. The standard InChI is InChI=1S/C12H11F2NO3/c13-12(14)6-15(7-12)11(16)10-5-17-8-3-1-2-4-9(8)18-10/h1-4,10H,5-7H2. The Bertz CT molecular complexity index is 484. The number of hydrogen-bond donors (Lipinski definition) is 0. The molecule has 0 N–H and O–H groups in total. The molecule has 1 unspecified atom stereocenters. The molecule has 1 fully saturated rings. The number of fused-ring (bicyclic) bond motifs is 1. The van der Waals surface area contributed by atoms with Crippen LogP contribution >= 0.6 is 0 Å². The molecule has 2 heterocycles. The minimum Gasteiger partial charge on any atom is -0.485 e. The summed E-state index contributed by atoms with van der Waals surface area (Å²) in [6, 6.07) is 6.96. The maximum Gasteiger partial charge on any atom is 0.282 e. The lowest BCUT2D eigenvalue weighted by Gasteiger charge is -2.40. The van der Waals surface area contributed by atoms with Crippen LogP contribution in [0.2, 0.25) is 0 Å². The van der Waals surface area contributed by atoms with Crippen molar-refractivity contribution in [2.24, 2.45) is 0 Å². The smallest absolute Gasteiger partial charge is 0.282 e. The van der Waals surface area contributed by atoms with Crippen LogP contribution in [0, 0.1) is 0 Å². The summed E-state index contributed by atoms with van der Waals surface area (Å²) >= 11 is 0. The molecule has 3 rings (SSSR count). The Morgan fingerprint density at radius 1 is 1.28 bits per heavy atom. The molecule has 1 saturated heterocycles. The Hall–Kier alpha value is -1.85. The Kier molecular flexibility index (Phi) is 2.39. The number of amides is 1. The maximum atomic E-state index is 12.7. The summed E-state index contributed by atoms with van der Waals surface area (Å²) in [5.41, 5.74) is 0. The Balaban J connectivity index is 1.68. The first-order valence-electron chi connectivity index (χ1n) is 5.60. The second-order valence-corrected chi connectivity index (χ2v) is 4.41. The fraction of sp³-hybridized carbons (Fsp3) is 0.417. The first-order valence-corrected chi connectivity index (χ1v) is 5.60. The Morgan fingerprint density at radius 2 is 1.94 bits per heavy atom. The van der Waals surface area contributed by atoms with Crippen LogP contribution in [0.15, 0.2) is 24.3 Å². The van der Waals surface area contributed by atoms with Gasteiger partial charge in [-0.2, -0.15) is 0 Å². The fourth-order valence-corrected chi connectivity index (χ4v) is 2.01. The highest BCUT2D eigenvalue weighted by atomic mass is 19.3. The van der Waals surface area contributed by atoms with Gasteiger partial charge < -0.3 is 14.4 Å². The first kappa shape index (κ1) is 11.3. The summed E-state index contributed by atoms with van der Waals surface area (Å²) in [5.74, 6) is -2.18. The number of carbonyl (C=O) groups is 1. The molecule has 96 valence electrons. The summed E-state index contributed by atoms with van der Waals surface area (Å²) in [7, 11) is 0. The average molecular weight is 255 g/mol. The van der Waals surface area contributed by atoms with E-state index in [1.165, 1.54) is 0 Å². The summed E-state index contributed by atoms with van der Waals surface area (Å²) in [5, 5.41) is 0. The van der Waals surface area contributed by atoms with Crippen LogP contribution in [0.5, 0.6) is 11.5 Å². The highest BCUT2D eigenvalue weighted by Gasteiger charge is 2.48. The summed E-state index contributed by atoms with van der Waals surface area (Å²) in [4.78, 5) is 13.0. The number of ether oxygens (including phenoxy) is 2. The van der Waals surface area contributed by atoms with E-state index in [9.17, 15) is 13.6 Å². The maximum absolute atomic E-state index is 12.7. The van der Waals surface area contributed by atoms with Gasteiger partial charge in [-0.3, -0.25) is 4.79 Å². The van der Waals surface area contributed by atoms with Crippen LogP contribution < -0.4 is 9.47 Å². The zero-order valence-electron chi connectivity index (χ0n) is 9.44. The average Bonchev–Trinajstić information content (AvgIpc) is 2.34. The van der Waals surface area contributed by atoms with Gasteiger partial charge in [-0.05, 0) is 12.1 Å². The number of benzene rings is 1. The molecule has 0 saturated carbocycles. The monoisotopic (exact) mass is 255 g/mol. The number of hydrogen-bond acceptors (Lipinski definition) is 3. The van der Waals surface area contributed by atoms with Gasteiger partial charge in [0, 0.05) is 0 Å². The third-order valence-corrected chi connectivity index (χ3v) is 2.94. The van der Waals surface area contributed by atoms with Crippen molar-refractivity contribution in [2.75, 3.05) is 19.7 Å². The van der Waals surface area contributed by atoms with Crippen molar-refractivity contribution in [1.82, 2.24) is 4.90 Å². The van der Waals surface area contributed by atoms with Crippen molar-refractivity contribution in [1.29, 1.82) is 0 Å². The normalized spacial score (nSPS) is 24.3. The SMILES string of the molecule is O=C(C1COc2ccccc2O1)N1CC(F)(F)C1. The van der Waals surface area contributed by atoms with Gasteiger partial charge in [-0.25, -0.2) is 8.78 Å². The van der Waals surface area contributed by atoms with Crippen molar-refractivity contribution >= 4 is 5.91 Å². The number of rotatable bonds is 1. The van der Waals surface area contributed by atoms with Crippen LogP contribution in [-0.2, 0) is 4.79 Å². The van der Waals surface area contributed by atoms with Crippen LogP contribution in [0.25, 0.3) is 0 Å². The lowest BCUT2D eigenvalue weighted by Crippen LogP contribution is -2.62. The highest BCUT2D eigenvalue weighted by Crippen LogP contribution is 2.33. The van der Waals surface area contributed by atoms with Gasteiger partial charge in [0.25, 0.3) is 11.8 Å². The van der Waals surface area contributed by atoms with Crippen molar-refractivity contribution in [3.8, 4) is 11.5 Å². The van der Waals surface area contributed by atoms with E-state index >= 15 is 0 Å². The quantitative estimate of drug-likeness (QED) is 0.759. The summed E-state index contributed by atoms with van der Waals surface area (Å²) in [6.07, 6.45) is -0.837. The van der Waals surface area contributed by atoms with E-state index in [0.717, 1.165) is 4.90 Å². The second-order valence-electron chi connectivity index (χ2n) is 4.41. The number of para-hydroxylation sites is 2. The van der Waals surface area contributed by atoms with Crippen LogP contribution in [0.4, 0.5) is 8.78 Å². The third-order valence-electron chi connectivity index (χ3n) is 2.94. The van der Waals surface area contributed by atoms with Gasteiger partial charge in [-0.15, -0.1) is 0 Å². The number of likely N-dealkylation sites (tertiary alicyclic amines) is 1. The minimum atomic E-state index is -2.76. The molecular formula is C12H11F2NO3. The molecule has 0 bridgehead atoms. The molecule has 0 aromatic heterocycles. The predicted octanol–water partition coefficient (Wildman–Crippen LogP) is 1.30. The van der Waals surface area contributed by atoms with E-state index in [1.807, 2.05) is 0 Å². The molecule has 2 aliphatic heterocycles. The number of alkyl halides is 2. The number of halogens is 2. The molecule has 1 atom stereocenters. The molecule has 4 nitrogen and oxygen atoms in total.